The van der Waals surface area contributed by atoms with Crippen LogP contribution in [-0.4, -0.2) is 42.1 Å². The van der Waals surface area contributed by atoms with Gasteiger partial charge in [0.15, 0.2) is 9.84 Å². The minimum atomic E-state index is -3.20. The highest BCUT2D eigenvalue weighted by Gasteiger charge is 2.40. The summed E-state index contributed by atoms with van der Waals surface area (Å²) < 4.78 is 29.2. The van der Waals surface area contributed by atoms with E-state index in [2.05, 4.69) is 18.2 Å². The zero-order valence-electron chi connectivity index (χ0n) is 14.0. The summed E-state index contributed by atoms with van der Waals surface area (Å²) in [4.78, 5) is 2.00. The molecule has 1 saturated heterocycles. The number of aryl methyl sites for hydroxylation is 2. The first-order valence-electron chi connectivity index (χ1n) is 8.04. The molecular formula is C18H23NO4S. The van der Waals surface area contributed by atoms with Crippen LogP contribution in [0.5, 0.6) is 0 Å². The number of furan rings is 1. The van der Waals surface area contributed by atoms with Crippen molar-refractivity contribution in [3.63, 3.8) is 0 Å². The molecule has 24 heavy (non-hydrogen) atoms. The Balaban J connectivity index is 1.87. The Kier molecular flexibility index (Phi) is 4.80. The summed E-state index contributed by atoms with van der Waals surface area (Å²) in [5, 5.41) is 10.3. The Morgan fingerprint density at radius 3 is 2.42 bits per heavy atom. The second-order valence-electron chi connectivity index (χ2n) is 6.69. The largest absolute Gasteiger partial charge is 0.468 e. The van der Waals surface area contributed by atoms with Crippen molar-refractivity contribution >= 4 is 9.84 Å². The molecule has 2 aromatic rings. The van der Waals surface area contributed by atoms with Crippen LogP contribution in [-0.2, 0) is 22.9 Å². The molecule has 1 aromatic heterocycles. The van der Waals surface area contributed by atoms with E-state index in [0.29, 0.717) is 13.1 Å². The van der Waals surface area contributed by atoms with E-state index >= 15 is 0 Å². The van der Waals surface area contributed by atoms with Gasteiger partial charge in [0, 0.05) is 6.54 Å². The number of hydrogen-bond donors (Lipinski definition) is 1. The highest BCUT2D eigenvalue weighted by Crippen LogP contribution is 2.23. The molecule has 0 aliphatic carbocycles. The van der Waals surface area contributed by atoms with E-state index in [-0.39, 0.29) is 11.5 Å². The first kappa shape index (κ1) is 17.2. The summed E-state index contributed by atoms with van der Waals surface area (Å²) in [7, 11) is -3.20. The second-order valence-corrected chi connectivity index (χ2v) is 8.85. The lowest BCUT2D eigenvalue weighted by atomic mass is 10.1. The molecule has 1 fully saturated rings. The average Bonchev–Trinajstić information content (AvgIpc) is 3.04. The van der Waals surface area contributed by atoms with Crippen molar-refractivity contribution in [3.8, 4) is 0 Å². The van der Waals surface area contributed by atoms with E-state index in [9.17, 15) is 13.5 Å². The summed E-state index contributed by atoms with van der Waals surface area (Å²) in [6, 6.07) is 9.56. The van der Waals surface area contributed by atoms with Crippen LogP contribution < -0.4 is 0 Å². The molecule has 0 spiro atoms. The van der Waals surface area contributed by atoms with Crippen LogP contribution in [0.1, 0.15) is 22.5 Å². The Morgan fingerprint density at radius 1 is 1.17 bits per heavy atom. The van der Waals surface area contributed by atoms with Crippen molar-refractivity contribution in [2.75, 3.05) is 11.5 Å². The summed E-state index contributed by atoms with van der Waals surface area (Å²) in [5.41, 5.74) is 3.45. The highest BCUT2D eigenvalue weighted by atomic mass is 32.2. The highest BCUT2D eigenvalue weighted by molar-refractivity contribution is 7.91. The number of rotatable bonds is 5. The first-order valence-corrected chi connectivity index (χ1v) is 9.87. The van der Waals surface area contributed by atoms with E-state index in [1.54, 1.807) is 6.26 Å². The maximum absolute atomic E-state index is 11.9. The van der Waals surface area contributed by atoms with Crippen molar-refractivity contribution in [1.29, 1.82) is 0 Å². The zero-order valence-corrected chi connectivity index (χ0v) is 14.8. The SMILES string of the molecule is Cc1cc(C)cc(CN(Cc2ccco2)C2CS(=O)(=O)CC2O)c1. The smallest absolute Gasteiger partial charge is 0.154 e. The van der Waals surface area contributed by atoms with Crippen molar-refractivity contribution in [2.45, 2.75) is 39.1 Å². The van der Waals surface area contributed by atoms with Crippen LogP contribution in [0.15, 0.2) is 41.0 Å². The average molecular weight is 349 g/mol. The number of aliphatic hydroxyl groups is 1. The lowest BCUT2D eigenvalue weighted by molar-refractivity contribution is 0.0686. The van der Waals surface area contributed by atoms with Crippen molar-refractivity contribution < 1.29 is 17.9 Å². The van der Waals surface area contributed by atoms with Gasteiger partial charge < -0.3 is 9.52 Å². The van der Waals surface area contributed by atoms with Gasteiger partial charge in [0.2, 0.25) is 0 Å². The fourth-order valence-corrected chi connectivity index (χ4v) is 5.28. The summed E-state index contributed by atoms with van der Waals surface area (Å²) >= 11 is 0. The van der Waals surface area contributed by atoms with E-state index in [1.165, 1.54) is 11.1 Å². The van der Waals surface area contributed by atoms with Gasteiger partial charge in [-0.05, 0) is 31.5 Å². The molecule has 1 aromatic carbocycles. The van der Waals surface area contributed by atoms with Crippen molar-refractivity contribution in [1.82, 2.24) is 4.90 Å². The standard InChI is InChI=1S/C18H23NO4S/c1-13-6-14(2)8-15(7-13)9-19(10-16-4-3-5-23-16)17-11-24(21,22)12-18(17)20/h3-8,17-18,20H,9-12H2,1-2H3. The lowest BCUT2D eigenvalue weighted by Crippen LogP contribution is -2.42. The third-order valence-electron chi connectivity index (χ3n) is 4.37. The number of hydrogen-bond acceptors (Lipinski definition) is 5. The van der Waals surface area contributed by atoms with E-state index < -0.39 is 22.0 Å². The molecule has 130 valence electrons. The normalized spacial score (nSPS) is 23.0. The van der Waals surface area contributed by atoms with Gasteiger partial charge in [-0.25, -0.2) is 8.42 Å². The quantitative estimate of drug-likeness (QED) is 0.895. The van der Waals surface area contributed by atoms with Crippen molar-refractivity contribution in [3.05, 3.63) is 59.0 Å². The molecule has 1 aliphatic rings. The van der Waals surface area contributed by atoms with Gasteiger partial charge in [0.05, 0.1) is 36.5 Å². The molecule has 1 aliphatic heterocycles. The molecule has 5 nitrogen and oxygen atoms in total. The Morgan fingerprint density at radius 2 is 1.88 bits per heavy atom. The Hall–Kier alpha value is -1.63. The van der Waals surface area contributed by atoms with Gasteiger partial charge >= 0.3 is 0 Å². The molecule has 3 rings (SSSR count). The molecule has 0 saturated carbocycles. The predicted octanol–water partition coefficient (Wildman–Crippen LogP) is 2.06. The maximum atomic E-state index is 11.9. The fraction of sp³-hybridized carbons (Fsp3) is 0.444. The van der Waals surface area contributed by atoms with Crippen LogP contribution in [0.4, 0.5) is 0 Å². The predicted molar refractivity (Wildman–Crippen MR) is 92.3 cm³/mol. The Labute approximate surface area is 142 Å². The fourth-order valence-electron chi connectivity index (χ4n) is 3.45. The van der Waals surface area contributed by atoms with Gasteiger partial charge in [-0.1, -0.05) is 29.3 Å². The monoisotopic (exact) mass is 349 g/mol. The molecular weight excluding hydrogens is 326 g/mol. The first-order chi connectivity index (χ1) is 11.3. The van der Waals surface area contributed by atoms with Crippen LogP contribution in [0, 0.1) is 13.8 Å². The maximum Gasteiger partial charge on any atom is 0.154 e. The zero-order chi connectivity index (χ0) is 17.3. The van der Waals surface area contributed by atoms with Gasteiger partial charge in [0.1, 0.15) is 5.76 Å². The van der Waals surface area contributed by atoms with Crippen molar-refractivity contribution in [2.24, 2.45) is 0 Å². The minimum Gasteiger partial charge on any atom is -0.468 e. The topological polar surface area (TPSA) is 70.8 Å². The van der Waals surface area contributed by atoms with E-state index in [1.807, 2.05) is 30.9 Å². The number of aliphatic hydroxyl groups excluding tert-OH is 1. The van der Waals surface area contributed by atoms with Gasteiger partial charge in [0.25, 0.3) is 0 Å². The summed E-state index contributed by atoms with van der Waals surface area (Å²) in [6.07, 6.45) is 0.738. The van der Waals surface area contributed by atoms with Crippen LogP contribution in [0.3, 0.4) is 0 Å². The Bertz CT molecular complexity index is 778. The van der Waals surface area contributed by atoms with Gasteiger partial charge in [-0.2, -0.15) is 0 Å². The molecule has 1 N–H and O–H groups in total. The molecule has 2 heterocycles. The number of nitrogens with zero attached hydrogens (tertiary/aromatic N) is 1. The van der Waals surface area contributed by atoms with Gasteiger partial charge in [-0.3, -0.25) is 4.90 Å². The number of benzene rings is 1. The molecule has 6 heteroatoms. The number of sulfone groups is 1. The molecule has 0 bridgehead atoms. The molecule has 0 amide bonds. The van der Waals surface area contributed by atoms with E-state index in [4.69, 9.17) is 4.42 Å². The van der Waals surface area contributed by atoms with Crippen LogP contribution >= 0.6 is 0 Å². The molecule has 0 radical (unpaired) electrons. The van der Waals surface area contributed by atoms with Gasteiger partial charge in [-0.15, -0.1) is 0 Å². The van der Waals surface area contributed by atoms with Crippen LogP contribution in [0.25, 0.3) is 0 Å². The summed E-state index contributed by atoms with van der Waals surface area (Å²) in [6.45, 7) is 5.13. The molecule has 2 atom stereocenters. The third-order valence-corrected chi connectivity index (χ3v) is 6.07. The van der Waals surface area contributed by atoms with E-state index in [0.717, 1.165) is 11.3 Å². The third kappa shape index (κ3) is 4.06. The second kappa shape index (κ2) is 6.70. The summed E-state index contributed by atoms with van der Waals surface area (Å²) in [5.74, 6) is 0.578. The molecule has 2 unspecified atom stereocenters. The lowest BCUT2D eigenvalue weighted by Gasteiger charge is -2.29. The van der Waals surface area contributed by atoms with Crippen LogP contribution in [0.2, 0.25) is 0 Å². The minimum absolute atomic E-state index is 0.0142.